The first-order chi connectivity index (χ1) is 11.6. The van der Waals surface area contributed by atoms with Gasteiger partial charge in [0, 0.05) is 6.04 Å². The normalized spacial score (nSPS) is 17.0. The Hall–Kier alpha value is -2.63. The van der Waals surface area contributed by atoms with E-state index in [1.807, 2.05) is 35.9 Å². The summed E-state index contributed by atoms with van der Waals surface area (Å²) in [5, 5.41) is 7.48. The molecule has 1 atom stereocenters. The number of nitrogens with zero attached hydrogens (tertiary/aromatic N) is 3. The van der Waals surface area contributed by atoms with E-state index in [0.29, 0.717) is 17.5 Å². The van der Waals surface area contributed by atoms with Crippen molar-refractivity contribution in [2.75, 3.05) is 0 Å². The topological polar surface area (TPSA) is 73.0 Å². The maximum Gasteiger partial charge on any atom is 0.255 e. The summed E-state index contributed by atoms with van der Waals surface area (Å²) in [7, 11) is 0. The highest BCUT2D eigenvalue weighted by atomic mass is 16.3. The summed E-state index contributed by atoms with van der Waals surface area (Å²) in [6, 6.07) is 7.93. The molecule has 2 aromatic heterocycles. The fourth-order valence-corrected chi connectivity index (χ4v) is 3.42. The van der Waals surface area contributed by atoms with E-state index in [1.54, 1.807) is 0 Å². The van der Waals surface area contributed by atoms with Crippen LogP contribution in [0.5, 0.6) is 0 Å². The number of rotatable bonds is 3. The molecule has 0 spiro atoms. The Morgan fingerprint density at radius 2 is 2.25 bits per heavy atom. The van der Waals surface area contributed by atoms with Crippen molar-refractivity contribution in [3.8, 4) is 0 Å². The van der Waals surface area contributed by atoms with Crippen molar-refractivity contribution < 1.29 is 9.21 Å². The molecule has 0 fully saturated rings. The lowest BCUT2D eigenvalue weighted by Crippen LogP contribution is -2.25. The molecule has 1 aromatic carbocycles. The summed E-state index contributed by atoms with van der Waals surface area (Å²) in [6.07, 6.45) is 3.10. The third kappa shape index (κ3) is 2.48. The van der Waals surface area contributed by atoms with Gasteiger partial charge in [-0.3, -0.25) is 9.48 Å². The van der Waals surface area contributed by atoms with Crippen LogP contribution in [0.25, 0.3) is 11.1 Å². The van der Waals surface area contributed by atoms with E-state index in [2.05, 4.69) is 22.3 Å². The molecule has 24 heavy (non-hydrogen) atoms. The van der Waals surface area contributed by atoms with E-state index >= 15 is 0 Å². The molecule has 0 bridgehead atoms. The Balaban J connectivity index is 1.54. The molecule has 3 aromatic rings. The van der Waals surface area contributed by atoms with E-state index in [1.165, 1.54) is 0 Å². The summed E-state index contributed by atoms with van der Waals surface area (Å²) in [5.41, 5.74) is 4.07. The molecule has 3 heterocycles. The van der Waals surface area contributed by atoms with Gasteiger partial charge in [0.2, 0.25) is 5.89 Å². The number of benzene rings is 1. The minimum Gasteiger partial charge on any atom is -0.439 e. The molecule has 1 N–H and O–H groups in total. The first kappa shape index (κ1) is 14.9. The number of oxazole rings is 1. The first-order valence-electron chi connectivity index (χ1n) is 8.34. The van der Waals surface area contributed by atoms with Crippen LogP contribution < -0.4 is 5.32 Å². The van der Waals surface area contributed by atoms with Gasteiger partial charge in [0.15, 0.2) is 5.58 Å². The van der Waals surface area contributed by atoms with Crippen molar-refractivity contribution in [3.63, 3.8) is 0 Å². The number of hydrogen-bond donors (Lipinski definition) is 1. The lowest BCUT2D eigenvalue weighted by Gasteiger charge is -2.21. The molecule has 6 nitrogen and oxygen atoms in total. The second-order valence-corrected chi connectivity index (χ2v) is 6.35. The van der Waals surface area contributed by atoms with Crippen molar-refractivity contribution >= 4 is 17.0 Å². The van der Waals surface area contributed by atoms with Gasteiger partial charge in [-0.25, -0.2) is 4.98 Å². The highest BCUT2D eigenvalue weighted by Gasteiger charge is 2.26. The highest BCUT2D eigenvalue weighted by Crippen LogP contribution is 2.28. The van der Waals surface area contributed by atoms with E-state index in [-0.39, 0.29) is 12.5 Å². The van der Waals surface area contributed by atoms with Gasteiger partial charge in [-0.15, -0.1) is 0 Å². The molecule has 0 saturated heterocycles. The number of carbonyl (C=O) groups is 1. The first-order valence-corrected chi connectivity index (χ1v) is 8.34. The molecule has 0 aliphatic carbocycles. The second kappa shape index (κ2) is 5.78. The minimum atomic E-state index is -0.106. The fraction of sp³-hybridized carbons (Fsp3) is 0.389. The van der Waals surface area contributed by atoms with E-state index < -0.39 is 0 Å². The third-order valence-electron chi connectivity index (χ3n) is 4.60. The van der Waals surface area contributed by atoms with Gasteiger partial charge in [-0.1, -0.05) is 12.1 Å². The standard InChI is InChI=1S/C18H20N4O2/c1-11-6-5-8-14-17(12(2)21-22(11)14)18(23)19-10-16-20-13-7-3-4-9-15(13)24-16/h3-4,7,9,11H,5-6,8,10H2,1-2H3,(H,19,23). The number of aryl methyl sites for hydroxylation is 1. The number of amides is 1. The van der Waals surface area contributed by atoms with Crippen LogP contribution in [0.4, 0.5) is 0 Å². The summed E-state index contributed by atoms with van der Waals surface area (Å²) in [6.45, 7) is 4.31. The van der Waals surface area contributed by atoms with Crippen LogP contribution in [-0.2, 0) is 13.0 Å². The lowest BCUT2D eigenvalue weighted by molar-refractivity contribution is 0.0945. The number of aromatic nitrogens is 3. The van der Waals surface area contributed by atoms with Crippen molar-refractivity contribution in [1.82, 2.24) is 20.1 Å². The molecule has 1 amide bonds. The lowest BCUT2D eigenvalue weighted by atomic mass is 10.0. The highest BCUT2D eigenvalue weighted by molar-refractivity contribution is 5.96. The molecule has 0 saturated carbocycles. The molecular formula is C18H20N4O2. The monoisotopic (exact) mass is 324 g/mol. The third-order valence-corrected chi connectivity index (χ3v) is 4.60. The van der Waals surface area contributed by atoms with Crippen molar-refractivity contribution in [2.45, 2.75) is 45.7 Å². The predicted molar refractivity (Wildman–Crippen MR) is 89.8 cm³/mol. The second-order valence-electron chi connectivity index (χ2n) is 6.35. The van der Waals surface area contributed by atoms with E-state index in [9.17, 15) is 4.79 Å². The smallest absolute Gasteiger partial charge is 0.255 e. The van der Waals surface area contributed by atoms with Gasteiger partial charge in [0.1, 0.15) is 5.52 Å². The Labute approximate surface area is 139 Å². The molecular weight excluding hydrogens is 304 g/mol. The van der Waals surface area contributed by atoms with Gasteiger partial charge in [-0.05, 0) is 45.2 Å². The molecule has 1 unspecified atom stereocenters. The Bertz CT molecular complexity index is 876. The molecule has 1 aliphatic rings. The van der Waals surface area contributed by atoms with Gasteiger partial charge < -0.3 is 9.73 Å². The van der Waals surface area contributed by atoms with Crippen molar-refractivity contribution in [1.29, 1.82) is 0 Å². The zero-order valence-corrected chi connectivity index (χ0v) is 13.9. The molecule has 4 rings (SSSR count). The van der Waals surface area contributed by atoms with Crippen molar-refractivity contribution in [3.05, 3.63) is 47.1 Å². The van der Waals surface area contributed by atoms with Crippen LogP contribution in [0.15, 0.2) is 28.7 Å². The number of hydrogen-bond acceptors (Lipinski definition) is 4. The quantitative estimate of drug-likeness (QED) is 0.803. The maximum absolute atomic E-state index is 12.7. The van der Waals surface area contributed by atoms with Crippen LogP contribution in [0.1, 0.15) is 53.4 Å². The fourth-order valence-electron chi connectivity index (χ4n) is 3.42. The van der Waals surface area contributed by atoms with Crippen LogP contribution >= 0.6 is 0 Å². The number of fused-ring (bicyclic) bond motifs is 2. The van der Waals surface area contributed by atoms with Gasteiger partial charge in [0.25, 0.3) is 5.91 Å². The summed E-state index contributed by atoms with van der Waals surface area (Å²) in [5.74, 6) is 0.404. The number of carbonyl (C=O) groups excluding carboxylic acids is 1. The molecule has 6 heteroatoms. The summed E-state index contributed by atoms with van der Waals surface area (Å²) >= 11 is 0. The Kier molecular flexibility index (Phi) is 3.59. The van der Waals surface area contributed by atoms with Crippen LogP contribution in [0.3, 0.4) is 0 Å². The van der Waals surface area contributed by atoms with Crippen LogP contribution in [-0.4, -0.2) is 20.7 Å². The van der Waals surface area contributed by atoms with E-state index in [4.69, 9.17) is 4.42 Å². The zero-order chi connectivity index (χ0) is 16.7. The Morgan fingerprint density at radius 1 is 1.42 bits per heavy atom. The van der Waals surface area contributed by atoms with Crippen LogP contribution in [0, 0.1) is 6.92 Å². The molecule has 1 aliphatic heterocycles. The van der Waals surface area contributed by atoms with Crippen LogP contribution in [0.2, 0.25) is 0 Å². The average molecular weight is 324 g/mol. The number of para-hydroxylation sites is 2. The largest absolute Gasteiger partial charge is 0.439 e. The van der Waals surface area contributed by atoms with Gasteiger partial charge >= 0.3 is 0 Å². The molecule has 124 valence electrons. The van der Waals surface area contributed by atoms with Crippen molar-refractivity contribution in [2.24, 2.45) is 0 Å². The minimum absolute atomic E-state index is 0.106. The average Bonchev–Trinajstić information content (AvgIpc) is 3.13. The van der Waals surface area contributed by atoms with E-state index in [0.717, 1.165) is 41.8 Å². The molecule has 0 radical (unpaired) electrons. The van der Waals surface area contributed by atoms with Gasteiger partial charge in [-0.2, -0.15) is 5.10 Å². The Morgan fingerprint density at radius 3 is 3.08 bits per heavy atom. The maximum atomic E-state index is 12.7. The summed E-state index contributed by atoms with van der Waals surface area (Å²) in [4.78, 5) is 17.0. The zero-order valence-electron chi connectivity index (χ0n) is 13.9. The summed E-state index contributed by atoms with van der Waals surface area (Å²) < 4.78 is 7.66. The predicted octanol–water partition coefficient (Wildman–Crippen LogP) is 3.16. The van der Waals surface area contributed by atoms with Gasteiger partial charge in [0.05, 0.1) is 23.5 Å². The SMILES string of the molecule is Cc1nn2c(c1C(=O)NCc1nc3ccccc3o1)CCCC2C. The number of nitrogens with one attached hydrogen (secondary N) is 1.